The van der Waals surface area contributed by atoms with Gasteiger partial charge in [0.2, 0.25) is 5.91 Å². The van der Waals surface area contributed by atoms with Crippen LogP contribution >= 0.6 is 0 Å². The van der Waals surface area contributed by atoms with Crippen molar-refractivity contribution in [3.63, 3.8) is 0 Å². The van der Waals surface area contributed by atoms with E-state index < -0.39 is 5.97 Å². The number of aliphatic carboxylic acids is 1. The third-order valence-electron chi connectivity index (χ3n) is 7.34. The van der Waals surface area contributed by atoms with Crippen molar-refractivity contribution in [1.29, 1.82) is 0 Å². The minimum Gasteiger partial charge on any atom is -0.491 e. The molecule has 2 N–H and O–H groups in total. The number of ether oxygens (including phenoxy) is 1. The lowest BCUT2D eigenvalue weighted by Crippen LogP contribution is -2.12. The Morgan fingerprint density at radius 1 is 0.929 bits per heavy atom. The minimum atomic E-state index is -0.863. The van der Waals surface area contributed by atoms with Gasteiger partial charge in [0.25, 0.3) is 0 Å². The Kier molecular flexibility index (Phi) is 8.83. The van der Waals surface area contributed by atoms with E-state index >= 15 is 0 Å². The summed E-state index contributed by atoms with van der Waals surface area (Å²) in [6.07, 6.45) is 4.14. The highest BCUT2D eigenvalue weighted by atomic mass is 16.5. The highest BCUT2D eigenvalue weighted by molar-refractivity contribution is 6.05. The van der Waals surface area contributed by atoms with E-state index in [-0.39, 0.29) is 25.0 Å². The summed E-state index contributed by atoms with van der Waals surface area (Å²) in [6, 6.07) is 34.6. The molecule has 0 aliphatic carbocycles. The molecule has 1 amide bonds. The fourth-order valence-electron chi connectivity index (χ4n) is 5.20. The van der Waals surface area contributed by atoms with E-state index in [4.69, 9.17) is 9.84 Å². The monoisotopic (exact) mass is 558 g/mol. The molecule has 42 heavy (non-hydrogen) atoms. The summed E-state index contributed by atoms with van der Waals surface area (Å²) < 4.78 is 8.03. The highest BCUT2D eigenvalue weighted by Gasteiger charge is 2.19. The van der Waals surface area contributed by atoms with E-state index in [0.717, 1.165) is 22.0 Å². The van der Waals surface area contributed by atoms with Gasteiger partial charge in [-0.25, -0.2) is 0 Å². The standard InChI is InChI=1S/C36H34N2O4/c1-25-11-6-7-14-30(25)36(27-12-4-3-5-13-27)38-21-20-29-24-28(18-19-32(29)38)26(2)23-34(39)37-31-15-8-9-16-33(31)42-22-10-17-35(40)41/h3-9,11-16,18-21,23-24,36H,10,17,22H2,1-2H3,(H,37,39)(H,40,41). The summed E-state index contributed by atoms with van der Waals surface area (Å²) in [6.45, 7) is 4.33. The molecule has 0 aliphatic heterocycles. The maximum atomic E-state index is 12.9. The van der Waals surface area contributed by atoms with Gasteiger partial charge in [-0.15, -0.1) is 0 Å². The lowest BCUT2D eigenvalue weighted by atomic mass is 9.94. The van der Waals surface area contributed by atoms with Crippen molar-refractivity contribution < 1.29 is 19.4 Å². The van der Waals surface area contributed by atoms with E-state index in [9.17, 15) is 9.59 Å². The maximum absolute atomic E-state index is 12.9. The van der Waals surface area contributed by atoms with Gasteiger partial charge in [-0.3, -0.25) is 9.59 Å². The summed E-state index contributed by atoms with van der Waals surface area (Å²) in [5, 5.41) is 12.8. The van der Waals surface area contributed by atoms with E-state index in [2.05, 4.69) is 95.8 Å². The van der Waals surface area contributed by atoms with Gasteiger partial charge in [-0.1, -0.05) is 72.8 Å². The topological polar surface area (TPSA) is 80.6 Å². The SMILES string of the molecule is CC(=CC(=O)Nc1ccccc1OCCCC(=O)O)c1ccc2c(ccn2C(c2ccccc2)c2ccccc2C)c1. The molecule has 1 aromatic heterocycles. The molecular weight excluding hydrogens is 524 g/mol. The Balaban J connectivity index is 1.37. The molecule has 0 spiro atoms. The number of para-hydroxylation sites is 2. The molecule has 0 fully saturated rings. The molecule has 1 unspecified atom stereocenters. The molecule has 0 radical (unpaired) electrons. The summed E-state index contributed by atoms with van der Waals surface area (Å²) in [5.41, 5.74) is 7.15. The van der Waals surface area contributed by atoms with Crippen LogP contribution in [-0.4, -0.2) is 28.2 Å². The number of aromatic nitrogens is 1. The van der Waals surface area contributed by atoms with Gasteiger partial charge in [0, 0.05) is 29.6 Å². The Bertz CT molecular complexity index is 1740. The minimum absolute atomic E-state index is 0.0307. The van der Waals surface area contributed by atoms with E-state index in [1.807, 2.05) is 25.1 Å². The summed E-state index contributed by atoms with van der Waals surface area (Å²) in [5.74, 6) is -0.625. The number of carbonyl (C=O) groups excluding carboxylic acids is 1. The number of anilines is 1. The van der Waals surface area contributed by atoms with Gasteiger partial charge >= 0.3 is 5.97 Å². The van der Waals surface area contributed by atoms with Crippen LogP contribution in [0.4, 0.5) is 5.69 Å². The lowest BCUT2D eigenvalue weighted by Gasteiger charge is -2.23. The second kappa shape index (κ2) is 13.0. The van der Waals surface area contributed by atoms with E-state index in [0.29, 0.717) is 17.9 Å². The second-order valence-electron chi connectivity index (χ2n) is 10.3. The van der Waals surface area contributed by atoms with Crippen molar-refractivity contribution >= 4 is 34.0 Å². The summed E-state index contributed by atoms with van der Waals surface area (Å²) in [4.78, 5) is 23.7. The molecule has 1 heterocycles. The first-order valence-corrected chi connectivity index (χ1v) is 14.0. The predicted octanol–water partition coefficient (Wildman–Crippen LogP) is 7.87. The zero-order valence-corrected chi connectivity index (χ0v) is 23.8. The first-order valence-electron chi connectivity index (χ1n) is 14.0. The molecule has 0 aliphatic rings. The van der Waals surface area contributed by atoms with E-state index in [1.165, 1.54) is 16.7 Å². The van der Waals surface area contributed by atoms with E-state index in [1.54, 1.807) is 18.2 Å². The molecule has 5 aromatic rings. The third kappa shape index (κ3) is 6.61. The quantitative estimate of drug-likeness (QED) is 0.128. The molecule has 4 aromatic carbocycles. The molecule has 1 atom stereocenters. The van der Waals surface area contributed by atoms with Crippen LogP contribution in [0.5, 0.6) is 5.75 Å². The number of amides is 1. The van der Waals surface area contributed by atoms with Crippen molar-refractivity contribution in [1.82, 2.24) is 4.57 Å². The normalized spacial score (nSPS) is 12.2. The Hall–Kier alpha value is -5.10. The summed E-state index contributed by atoms with van der Waals surface area (Å²) >= 11 is 0. The number of nitrogens with zero attached hydrogens (tertiary/aromatic N) is 1. The number of carboxylic acid groups (broad SMARTS) is 1. The van der Waals surface area contributed by atoms with Gasteiger partial charge in [-0.05, 0) is 78.4 Å². The maximum Gasteiger partial charge on any atom is 0.303 e. The van der Waals surface area contributed by atoms with Crippen molar-refractivity contribution in [2.24, 2.45) is 0 Å². The number of fused-ring (bicyclic) bond motifs is 1. The van der Waals surface area contributed by atoms with Gasteiger partial charge in [0.15, 0.2) is 0 Å². The average molecular weight is 559 g/mol. The Labute approximate surface area is 245 Å². The third-order valence-corrected chi connectivity index (χ3v) is 7.34. The molecule has 6 heteroatoms. The van der Waals surface area contributed by atoms with Gasteiger partial charge in [-0.2, -0.15) is 0 Å². The second-order valence-corrected chi connectivity index (χ2v) is 10.3. The predicted molar refractivity (Wildman–Crippen MR) is 168 cm³/mol. The van der Waals surface area contributed by atoms with Crippen molar-refractivity contribution in [3.8, 4) is 5.75 Å². The van der Waals surface area contributed by atoms with Crippen LogP contribution in [0.25, 0.3) is 16.5 Å². The number of allylic oxidation sites excluding steroid dienone is 1. The van der Waals surface area contributed by atoms with Crippen LogP contribution in [0.3, 0.4) is 0 Å². The van der Waals surface area contributed by atoms with Crippen LogP contribution in [0.1, 0.15) is 48.1 Å². The molecule has 212 valence electrons. The smallest absolute Gasteiger partial charge is 0.303 e. The number of carboxylic acids is 1. The van der Waals surface area contributed by atoms with Crippen molar-refractivity contribution in [3.05, 3.63) is 138 Å². The molecule has 0 saturated carbocycles. The summed E-state index contributed by atoms with van der Waals surface area (Å²) in [7, 11) is 0. The zero-order chi connectivity index (χ0) is 29.5. The number of hydrogen-bond acceptors (Lipinski definition) is 3. The highest BCUT2D eigenvalue weighted by Crippen LogP contribution is 2.33. The van der Waals surface area contributed by atoms with Crippen LogP contribution in [-0.2, 0) is 9.59 Å². The number of nitrogens with one attached hydrogen (secondary N) is 1. The van der Waals surface area contributed by atoms with Crippen LogP contribution in [0, 0.1) is 6.92 Å². The average Bonchev–Trinajstić information content (AvgIpc) is 3.40. The van der Waals surface area contributed by atoms with Crippen LogP contribution in [0.2, 0.25) is 0 Å². The first kappa shape index (κ1) is 28.4. The van der Waals surface area contributed by atoms with Crippen molar-refractivity contribution in [2.75, 3.05) is 11.9 Å². The Morgan fingerprint density at radius 3 is 2.45 bits per heavy atom. The fraction of sp³-hybridized carbons (Fsp3) is 0.167. The number of aryl methyl sites for hydroxylation is 1. The molecule has 5 rings (SSSR count). The van der Waals surface area contributed by atoms with Crippen LogP contribution < -0.4 is 10.1 Å². The van der Waals surface area contributed by atoms with Gasteiger partial charge in [0.1, 0.15) is 5.75 Å². The van der Waals surface area contributed by atoms with Crippen molar-refractivity contribution in [2.45, 2.75) is 32.7 Å². The first-order chi connectivity index (χ1) is 20.4. The van der Waals surface area contributed by atoms with Crippen LogP contribution in [0.15, 0.2) is 115 Å². The van der Waals surface area contributed by atoms with Gasteiger partial charge < -0.3 is 19.7 Å². The largest absolute Gasteiger partial charge is 0.491 e. The Morgan fingerprint density at radius 2 is 1.67 bits per heavy atom. The fourth-order valence-corrected chi connectivity index (χ4v) is 5.20. The number of benzene rings is 4. The molecule has 0 bridgehead atoms. The molecule has 6 nitrogen and oxygen atoms in total. The molecule has 0 saturated heterocycles. The van der Waals surface area contributed by atoms with Gasteiger partial charge in [0.05, 0.1) is 18.3 Å². The number of carbonyl (C=O) groups is 2. The number of hydrogen-bond donors (Lipinski definition) is 2. The number of rotatable bonds is 11. The molecular formula is C36H34N2O4. The lowest BCUT2D eigenvalue weighted by molar-refractivity contribution is -0.137. The zero-order valence-electron chi connectivity index (χ0n) is 23.8.